The monoisotopic (exact) mass is 307 g/mol. The van der Waals surface area contributed by atoms with E-state index in [2.05, 4.69) is 20.9 Å². The molecule has 3 nitrogen and oxygen atoms in total. The molecule has 0 radical (unpaired) electrons. The second kappa shape index (κ2) is 3.90. The molecule has 2 heterocycles. The highest BCUT2D eigenvalue weighted by Gasteiger charge is 2.37. The Labute approximate surface area is 104 Å². The van der Waals surface area contributed by atoms with Crippen LogP contribution in [0.25, 0.3) is 5.52 Å². The summed E-state index contributed by atoms with van der Waals surface area (Å²) in [5.74, 6) is -0.928. The molecule has 0 aliphatic rings. The number of aromatic nitrogens is 2. The van der Waals surface area contributed by atoms with E-state index in [1.54, 1.807) is 31.1 Å². The fourth-order valence-corrected chi connectivity index (χ4v) is 2.20. The highest BCUT2D eigenvalue weighted by Crippen LogP contribution is 2.35. The van der Waals surface area contributed by atoms with Gasteiger partial charge >= 0.3 is 6.18 Å². The van der Waals surface area contributed by atoms with Gasteiger partial charge in [-0.2, -0.15) is 13.2 Å². The lowest BCUT2D eigenvalue weighted by molar-refractivity contribution is -0.145. The Hall–Kier alpha value is -1.24. The average molecular weight is 308 g/mol. The van der Waals surface area contributed by atoms with Gasteiger partial charge in [0.15, 0.2) is 0 Å². The van der Waals surface area contributed by atoms with Crippen molar-refractivity contribution in [3.05, 3.63) is 28.8 Å². The molecule has 2 aromatic rings. The minimum absolute atomic E-state index is 0.189. The fourth-order valence-electron chi connectivity index (χ4n) is 1.64. The summed E-state index contributed by atoms with van der Waals surface area (Å²) in [6, 6.07) is 3.30. The van der Waals surface area contributed by atoms with E-state index in [4.69, 9.17) is 0 Å². The van der Waals surface area contributed by atoms with Crippen molar-refractivity contribution in [2.75, 3.05) is 19.0 Å². The third-order valence-corrected chi connectivity index (χ3v) is 2.89. The van der Waals surface area contributed by atoms with Crippen molar-refractivity contribution in [3.63, 3.8) is 0 Å². The Morgan fingerprint density at radius 1 is 1.35 bits per heavy atom. The number of pyridine rings is 1. The first-order valence-electron chi connectivity index (χ1n) is 4.73. The van der Waals surface area contributed by atoms with Crippen LogP contribution in [0.3, 0.4) is 0 Å². The lowest BCUT2D eigenvalue weighted by atomic mass is 10.3. The van der Waals surface area contributed by atoms with E-state index in [1.165, 1.54) is 6.20 Å². The largest absolute Gasteiger partial charge is 0.450 e. The van der Waals surface area contributed by atoms with Crippen molar-refractivity contribution in [2.45, 2.75) is 6.18 Å². The summed E-state index contributed by atoms with van der Waals surface area (Å²) in [5.41, 5.74) is 1.08. The summed E-state index contributed by atoms with van der Waals surface area (Å²) in [6.07, 6.45) is -3.12. The predicted molar refractivity (Wildman–Crippen MR) is 62.2 cm³/mol. The van der Waals surface area contributed by atoms with Gasteiger partial charge in [-0.15, -0.1) is 0 Å². The van der Waals surface area contributed by atoms with Crippen LogP contribution in [0.4, 0.5) is 18.9 Å². The van der Waals surface area contributed by atoms with Gasteiger partial charge in [0.05, 0.1) is 5.69 Å². The quantitative estimate of drug-likeness (QED) is 0.806. The van der Waals surface area contributed by atoms with E-state index < -0.39 is 12.0 Å². The van der Waals surface area contributed by atoms with Crippen LogP contribution < -0.4 is 4.90 Å². The summed E-state index contributed by atoms with van der Waals surface area (Å²) in [6.45, 7) is 0. The maximum atomic E-state index is 12.7. The van der Waals surface area contributed by atoms with Crippen molar-refractivity contribution >= 4 is 27.1 Å². The lowest BCUT2D eigenvalue weighted by Gasteiger charge is -2.14. The van der Waals surface area contributed by atoms with Crippen LogP contribution in [0.2, 0.25) is 0 Å². The number of nitrogens with zero attached hydrogens (tertiary/aromatic N) is 3. The van der Waals surface area contributed by atoms with Crippen molar-refractivity contribution in [2.24, 2.45) is 0 Å². The zero-order valence-electron chi connectivity index (χ0n) is 9.09. The Bertz CT molecular complexity index is 560. The summed E-state index contributed by atoms with van der Waals surface area (Å²) in [7, 11) is 3.53. The molecule has 17 heavy (non-hydrogen) atoms. The summed E-state index contributed by atoms with van der Waals surface area (Å²) >= 11 is 3.07. The normalized spacial score (nSPS) is 12.1. The minimum Gasteiger partial charge on any atom is -0.376 e. The predicted octanol–water partition coefficient (Wildman–Crippen LogP) is 3.18. The van der Waals surface area contributed by atoms with Crippen LogP contribution in [-0.4, -0.2) is 23.5 Å². The Morgan fingerprint density at radius 3 is 2.53 bits per heavy atom. The second-order valence-corrected chi connectivity index (χ2v) is 4.48. The summed E-state index contributed by atoms with van der Waals surface area (Å²) < 4.78 is 39.5. The molecule has 0 aliphatic heterocycles. The molecule has 0 amide bonds. The van der Waals surface area contributed by atoms with Gasteiger partial charge in [-0.3, -0.25) is 4.40 Å². The molecule has 0 aliphatic carbocycles. The third-order valence-electron chi connectivity index (χ3n) is 2.34. The number of halogens is 4. The maximum Gasteiger partial charge on any atom is 0.450 e. The molecule has 0 unspecified atom stereocenters. The molecule has 0 saturated carbocycles. The van der Waals surface area contributed by atoms with E-state index in [-0.39, 0.29) is 4.60 Å². The standard InChI is InChI=1S/C10H9BrF3N3/c1-16(2)6-4-3-5-17-7(6)8(11)15-9(17)10(12,13)14/h3-5H,1-2H3. The van der Waals surface area contributed by atoms with Crippen LogP contribution >= 0.6 is 15.9 Å². The minimum atomic E-state index is -4.47. The van der Waals surface area contributed by atoms with Crippen molar-refractivity contribution < 1.29 is 13.2 Å². The van der Waals surface area contributed by atoms with Gasteiger partial charge in [-0.25, -0.2) is 4.98 Å². The summed E-state index contributed by atoms with van der Waals surface area (Å²) in [5, 5.41) is 0. The molecule has 0 aromatic carbocycles. The Kier molecular flexibility index (Phi) is 2.81. The lowest BCUT2D eigenvalue weighted by Crippen LogP contribution is -2.13. The average Bonchev–Trinajstić information content (AvgIpc) is 2.56. The van der Waals surface area contributed by atoms with Crippen molar-refractivity contribution in [1.29, 1.82) is 0 Å². The van der Waals surface area contributed by atoms with E-state index in [0.29, 0.717) is 11.2 Å². The number of hydrogen-bond donors (Lipinski definition) is 0. The van der Waals surface area contributed by atoms with Gasteiger partial charge in [-0.1, -0.05) is 0 Å². The molecule has 2 aromatic heterocycles. The second-order valence-electron chi connectivity index (χ2n) is 3.73. The number of imidazole rings is 1. The molecule has 0 fully saturated rings. The molecular formula is C10H9BrF3N3. The molecule has 0 saturated heterocycles. The Morgan fingerprint density at radius 2 is 2.00 bits per heavy atom. The smallest absolute Gasteiger partial charge is 0.376 e. The van der Waals surface area contributed by atoms with Gasteiger partial charge in [0.2, 0.25) is 5.82 Å². The van der Waals surface area contributed by atoms with E-state index >= 15 is 0 Å². The van der Waals surface area contributed by atoms with Crippen LogP contribution in [0.15, 0.2) is 22.9 Å². The van der Waals surface area contributed by atoms with Gasteiger partial charge in [-0.05, 0) is 28.1 Å². The highest BCUT2D eigenvalue weighted by atomic mass is 79.9. The van der Waals surface area contributed by atoms with Crippen molar-refractivity contribution in [1.82, 2.24) is 9.38 Å². The van der Waals surface area contributed by atoms with Crippen LogP contribution in [0.5, 0.6) is 0 Å². The SMILES string of the molecule is CN(C)c1cccn2c(C(F)(F)F)nc(Br)c12. The molecule has 0 N–H and O–H groups in total. The number of fused-ring (bicyclic) bond motifs is 1. The number of anilines is 1. The molecule has 0 atom stereocenters. The fraction of sp³-hybridized carbons (Fsp3) is 0.300. The third kappa shape index (κ3) is 1.99. The van der Waals surface area contributed by atoms with Gasteiger partial charge in [0.25, 0.3) is 0 Å². The zero-order chi connectivity index (χ0) is 12.8. The molecular weight excluding hydrogens is 299 g/mol. The van der Waals surface area contributed by atoms with Crippen molar-refractivity contribution in [3.8, 4) is 0 Å². The zero-order valence-corrected chi connectivity index (χ0v) is 10.7. The number of rotatable bonds is 1. The highest BCUT2D eigenvalue weighted by molar-refractivity contribution is 9.10. The van der Waals surface area contributed by atoms with Crippen LogP contribution in [0.1, 0.15) is 5.82 Å². The van der Waals surface area contributed by atoms with E-state index in [0.717, 1.165) is 4.40 Å². The van der Waals surface area contributed by atoms with E-state index in [1.807, 2.05) is 0 Å². The maximum absolute atomic E-state index is 12.7. The first-order chi connectivity index (χ1) is 7.82. The van der Waals surface area contributed by atoms with Gasteiger partial charge < -0.3 is 4.90 Å². The molecule has 0 bridgehead atoms. The van der Waals surface area contributed by atoms with Gasteiger partial charge in [0.1, 0.15) is 10.1 Å². The number of alkyl halides is 3. The van der Waals surface area contributed by atoms with E-state index in [9.17, 15) is 13.2 Å². The molecule has 7 heteroatoms. The van der Waals surface area contributed by atoms with Crippen LogP contribution in [-0.2, 0) is 6.18 Å². The number of hydrogen-bond acceptors (Lipinski definition) is 2. The molecule has 0 spiro atoms. The Balaban J connectivity index is 2.82. The first kappa shape index (κ1) is 12.2. The first-order valence-corrected chi connectivity index (χ1v) is 5.52. The molecule has 2 rings (SSSR count). The summed E-state index contributed by atoms with van der Waals surface area (Å²) in [4.78, 5) is 5.27. The van der Waals surface area contributed by atoms with Gasteiger partial charge in [0, 0.05) is 20.3 Å². The van der Waals surface area contributed by atoms with Crippen LogP contribution in [0, 0.1) is 0 Å². The molecule has 92 valence electrons. The topological polar surface area (TPSA) is 20.5 Å².